The molecule has 1 amide bonds. The van der Waals surface area contributed by atoms with Gasteiger partial charge in [-0.15, -0.1) is 0 Å². The summed E-state index contributed by atoms with van der Waals surface area (Å²) in [6, 6.07) is 6.37. The highest BCUT2D eigenvalue weighted by molar-refractivity contribution is 5.99. The average molecular weight is 498 g/mol. The topological polar surface area (TPSA) is 67.6 Å². The number of aromatic nitrogens is 2. The molecule has 0 unspecified atom stereocenters. The van der Waals surface area contributed by atoms with Crippen LogP contribution in [0.5, 0.6) is 5.75 Å². The second-order valence-electron chi connectivity index (χ2n) is 9.37. The number of carbonyl (C=O) groups is 1. The number of halogens is 3. The van der Waals surface area contributed by atoms with E-state index in [9.17, 15) is 23.1 Å². The Labute approximate surface area is 206 Å². The molecule has 2 aromatic carbocycles. The Bertz CT molecular complexity index is 1330. The number of benzene rings is 2. The second kappa shape index (κ2) is 9.46. The molecule has 0 spiro atoms. The fraction of sp³-hybridized carbons (Fsp3) is 0.333. The molecule has 0 radical (unpaired) electrons. The number of aliphatic hydroxyl groups is 1. The number of amides is 1. The molecule has 5 rings (SSSR count). The monoisotopic (exact) mass is 497 g/mol. The van der Waals surface area contributed by atoms with Gasteiger partial charge in [0, 0.05) is 17.8 Å². The molecule has 1 aromatic heterocycles. The molecule has 188 valence electrons. The van der Waals surface area contributed by atoms with Crippen LogP contribution in [0.15, 0.2) is 48.4 Å². The Balaban J connectivity index is 1.47. The molecule has 0 saturated carbocycles. The minimum absolute atomic E-state index is 0.118. The molecule has 36 heavy (non-hydrogen) atoms. The molecule has 3 aromatic rings. The first-order valence-electron chi connectivity index (χ1n) is 11.8. The lowest BCUT2D eigenvalue weighted by molar-refractivity contribution is -0.139. The van der Waals surface area contributed by atoms with E-state index in [1.54, 1.807) is 24.4 Å². The largest absolute Gasteiger partial charge is 0.495 e. The second-order valence-corrected chi connectivity index (χ2v) is 9.37. The highest BCUT2D eigenvalue weighted by Gasteiger charge is 2.42. The van der Waals surface area contributed by atoms with Gasteiger partial charge in [0.1, 0.15) is 5.75 Å². The number of hydrogen-bond acceptors (Lipinski definition) is 4. The molecule has 2 aliphatic rings. The number of carbonyl (C=O) groups excluding carboxylic acids is 1. The van der Waals surface area contributed by atoms with Crippen molar-refractivity contribution in [1.82, 2.24) is 14.5 Å². The number of rotatable bonds is 4. The van der Waals surface area contributed by atoms with E-state index < -0.39 is 29.6 Å². The number of methoxy groups -OCH3 is 1. The van der Waals surface area contributed by atoms with Gasteiger partial charge in [-0.2, -0.15) is 0 Å². The number of aryl methyl sites for hydroxylation is 1. The molecule has 9 heteroatoms. The SMILES string of the molecule is COc1cc(/C=C2\CC[C@H]3C[C@@H](O)C[C@H](c4cc(F)c(F)c(F)c4)N3C2=O)ccc1-n1cnc(C)c1. The number of fused-ring (bicyclic) bond motifs is 1. The van der Waals surface area contributed by atoms with E-state index in [0.29, 0.717) is 30.6 Å². The first kappa shape index (κ1) is 24.1. The zero-order chi connectivity index (χ0) is 25.6. The number of nitrogens with zero attached hydrogens (tertiary/aromatic N) is 3. The fourth-order valence-electron chi connectivity index (χ4n) is 5.26. The molecule has 3 atom stereocenters. The zero-order valence-corrected chi connectivity index (χ0v) is 19.9. The molecule has 0 bridgehead atoms. The van der Waals surface area contributed by atoms with Gasteiger partial charge in [-0.25, -0.2) is 18.2 Å². The van der Waals surface area contributed by atoms with Gasteiger partial charge in [-0.3, -0.25) is 4.79 Å². The molecule has 1 N–H and O–H groups in total. The van der Waals surface area contributed by atoms with Gasteiger partial charge in [0.15, 0.2) is 17.5 Å². The number of hydrogen-bond donors (Lipinski definition) is 1. The third kappa shape index (κ3) is 4.39. The fourth-order valence-corrected chi connectivity index (χ4v) is 5.26. The Morgan fingerprint density at radius 1 is 1.14 bits per heavy atom. The van der Waals surface area contributed by atoms with Crippen LogP contribution in [-0.4, -0.2) is 44.7 Å². The van der Waals surface area contributed by atoms with Crippen molar-refractivity contribution in [2.24, 2.45) is 0 Å². The van der Waals surface area contributed by atoms with Gasteiger partial charge in [-0.1, -0.05) is 6.07 Å². The smallest absolute Gasteiger partial charge is 0.250 e. The van der Waals surface area contributed by atoms with E-state index in [1.165, 1.54) is 0 Å². The Hall–Kier alpha value is -3.59. The van der Waals surface area contributed by atoms with Crippen LogP contribution in [0.25, 0.3) is 11.8 Å². The van der Waals surface area contributed by atoms with Gasteiger partial charge >= 0.3 is 0 Å². The summed E-state index contributed by atoms with van der Waals surface area (Å²) in [5.74, 6) is -3.84. The standard InChI is InChI=1S/C27H26F3N3O3/c1-15-13-32(14-31-15)23-6-3-16(8-25(23)36-2)7-17-4-5-19-11-20(34)12-24(33(19)27(17)35)18-9-21(28)26(30)22(29)10-18/h3,6-10,13-14,19-20,24,34H,4-5,11-12H2,1-2H3/b17-7+/t19-,20+,24+/m0/s1. The summed E-state index contributed by atoms with van der Waals surface area (Å²) >= 11 is 0. The maximum Gasteiger partial charge on any atom is 0.250 e. The Kier molecular flexibility index (Phi) is 6.34. The van der Waals surface area contributed by atoms with E-state index >= 15 is 0 Å². The summed E-state index contributed by atoms with van der Waals surface area (Å²) in [5.41, 5.74) is 3.12. The number of aliphatic hydroxyl groups excluding tert-OH is 1. The van der Waals surface area contributed by atoms with Crippen molar-refractivity contribution in [2.45, 2.75) is 50.8 Å². The van der Waals surface area contributed by atoms with Crippen molar-refractivity contribution in [1.29, 1.82) is 0 Å². The van der Waals surface area contributed by atoms with E-state index in [1.807, 2.05) is 35.9 Å². The first-order chi connectivity index (χ1) is 17.2. The molecule has 3 heterocycles. The number of piperidine rings is 2. The van der Waals surface area contributed by atoms with Crippen LogP contribution in [-0.2, 0) is 4.79 Å². The summed E-state index contributed by atoms with van der Waals surface area (Å²) in [7, 11) is 1.57. The van der Waals surface area contributed by atoms with Gasteiger partial charge < -0.3 is 19.3 Å². The normalized spacial score (nSPS) is 23.2. The van der Waals surface area contributed by atoms with Gasteiger partial charge in [0.05, 0.1) is 37.0 Å². The lowest BCUT2D eigenvalue weighted by Crippen LogP contribution is -2.52. The summed E-state index contributed by atoms with van der Waals surface area (Å²) in [4.78, 5) is 19.4. The Morgan fingerprint density at radius 2 is 1.89 bits per heavy atom. The van der Waals surface area contributed by atoms with Crippen molar-refractivity contribution >= 4 is 12.0 Å². The summed E-state index contributed by atoms with van der Waals surface area (Å²) in [5, 5.41) is 10.4. The maximum atomic E-state index is 14.0. The molecule has 0 aliphatic carbocycles. The van der Waals surface area contributed by atoms with Crippen LogP contribution >= 0.6 is 0 Å². The predicted octanol–water partition coefficient (Wildman–Crippen LogP) is 4.88. The number of imidazole rings is 1. The summed E-state index contributed by atoms with van der Waals surface area (Å²) in [6.45, 7) is 1.89. The van der Waals surface area contributed by atoms with Crippen LogP contribution in [0.1, 0.15) is 48.5 Å². The first-order valence-corrected chi connectivity index (χ1v) is 11.8. The highest BCUT2D eigenvalue weighted by atomic mass is 19.2. The molecule has 2 saturated heterocycles. The number of ether oxygens (including phenoxy) is 1. The van der Waals surface area contributed by atoms with Crippen molar-refractivity contribution in [3.63, 3.8) is 0 Å². The molecular weight excluding hydrogens is 471 g/mol. The van der Waals surface area contributed by atoms with Crippen molar-refractivity contribution in [3.05, 3.63) is 82.7 Å². The Morgan fingerprint density at radius 3 is 2.56 bits per heavy atom. The van der Waals surface area contributed by atoms with Gasteiger partial charge in [-0.05, 0) is 74.1 Å². The van der Waals surface area contributed by atoms with Crippen LogP contribution in [0, 0.1) is 24.4 Å². The van der Waals surface area contributed by atoms with Crippen LogP contribution in [0.4, 0.5) is 13.2 Å². The molecule has 2 fully saturated rings. The summed E-state index contributed by atoms with van der Waals surface area (Å²) in [6.07, 6.45) is 6.24. The van der Waals surface area contributed by atoms with Crippen LogP contribution in [0.3, 0.4) is 0 Å². The summed E-state index contributed by atoms with van der Waals surface area (Å²) < 4.78 is 49.0. The van der Waals surface area contributed by atoms with Crippen molar-refractivity contribution in [3.8, 4) is 11.4 Å². The quantitative estimate of drug-likeness (QED) is 0.412. The van der Waals surface area contributed by atoms with Crippen LogP contribution in [0.2, 0.25) is 0 Å². The van der Waals surface area contributed by atoms with Gasteiger partial charge in [0.2, 0.25) is 0 Å². The molecular formula is C27H26F3N3O3. The average Bonchev–Trinajstić information content (AvgIpc) is 3.29. The minimum atomic E-state index is -1.56. The minimum Gasteiger partial charge on any atom is -0.495 e. The third-order valence-electron chi connectivity index (χ3n) is 6.95. The van der Waals surface area contributed by atoms with Crippen molar-refractivity contribution < 1.29 is 27.8 Å². The third-order valence-corrected chi connectivity index (χ3v) is 6.95. The van der Waals surface area contributed by atoms with E-state index in [-0.39, 0.29) is 23.9 Å². The lowest BCUT2D eigenvalue weighted by atomic mass is 9.82. The van der Waals surface area contributed by atoms with E-state index in [2.05, 4.69) is 4.98 Å². The molecule has 6 nitrogen and oxygen atoms in total. The van der Waals surface area contributed by atoms with E-state index in [4.69, 9.17) is 4.74 Å². The van der Waals surface area contributed by atoms with Crippen molar-refractivity contribution in [2.75, 3.05) is 7.11 Å². The van der Waals surface area contributed by atoms with E-state index in [0.717, 1.165) is 29.1 Å². The highest BCUT2D eigenvalue weighted by Crippen LogP contribution is 2.41. The molecule has 2 aliphatic heterocycles. The predicted molar refractivity (Wildman–Crippen MR) is 127 cm³/mol. The zero-order valence-electron chi connectivity index (χ0n) is 19.9. The van der Waals surface area contributed by atoms with Crippen LogP contribution < -0.4 is 4.74 Å². The maximum absolute atomic E-state index is 14.0. The lowest BCUT2D eigenvalue weighted by Gasteiger charge is -2.47. The van der Waals surface area contributed by atoms with Gasteiger partial charge in [0.25, 0.3) is 5.91 Å².